The van der Waals surface area contributed by atoms with Crippen LogP contribution in [0.15, 0.2) is 42.5 Å². The third-order valence-electron chi connectivity index (χ3n) is 9.55. The molecule has 0 aromatic heterocycles. The van der Waals surface area contributed by atoms with Gasteiger partial charge in [0.05, 0.1) is 23.1 Å². The van der Waals surface area contributed by atoms with Crippen molar-refractivity contribution >= 4 is 5.91 Å². The third-order valence-corrected chi connectivity index (χ3v) is 9.55. The maximum absolute atomic E-state index is 13.4. The van der Waals surface area contributed by atoms with Gasteiger partial charge < -0.3 is 19.8 Å². The topological polar surface area (TPSA) is 73.0 Å². The molecule has 0 bridgehead atoms. The molecule has 4 fully saturated rings. The average Bonchev–Trinajstić information content (AvgIpc) is 3.73. The fourth-order valence-corrected chi connectivity index (χ4v) is 7.79. The molecule has 2 aromatic carbocycles. The Balaban J connectivity index is 1.31. The minimum Gasteiger partial charge on any atom is -0.504 e. The van der Waals surface area contributed by atoms with Crippen LogP contribution in [-0.2, 0) is 5.41 Å². The number of fused-ring (bicyclic) bond motifs is 3. The van der Waals surface area contributed by atoms with Crippen molar-refractivity contribution in [3.8, 4) is 11.5 Å². The molecule has 1 amide bonds. The number of aromatic hydroxyl groups is 1. The van der Waals surface area contributed by atoms with Crippen LogP contribution in [0.1, 0.15) is 53.6 Å². The Hall–Kier alpha value is -2.57. The summed E-state index contributed by atoms with van der Waals surface area (Å²) in [5.74, 6) is 1.37. The zero-order valence-electron chi connectivity index (χ0n) is 19.8. The maximum Gasteiger partial charge on any atom is 0.253 e. The van der Waals surface area contributed by atoms with E-state index in [1.165, 1.54) is 12.8 Å². The van der Waals surface area contributed by atoms with Gasteiger partial charge in [-0.25, -0.2) is 0 Å². The minimum atomic E-state index is -0.922. The molecule has 2 unspecified atom stereocenters. The zero-order chi connectivity index (χ0) is 23.4. The monoisotopic (exact) mass is 460 g/mol. The van der Waals surface area contributed by atoms with Gasteiger partial charge in [0.2, 0.25) is 0 Å². The number of nitrogens with zero attached hydrogens (tertiary/aromatic N) is 2. The first-order chi connectivity index (χ1) is 16.4. The van der Waals surface area contributed by atoms with Gasteiger partial charge in [0.1, 0.15) is 6.10 Å². The second-order valence-electron chi connectivity index (χ2n) is 11.3. The number of hydrogen-bond acceptors (Lipinski definition) is 5. The first-order valence-corrected chi connectivity index (χ1v) is 12.7. The van der Waals surface area contributed by atoms with Gasteiger partial charge in [0, 0.05) is 30.8 Å². The Morgan fingerprint density at radius 1 is 1.18 bits per heavy atom. The number of aryl methyl sites for hydroxylation is 1. The van der Waals surface area contributed by atoms with E-state index < -0.39 is 11.0 Å². The van der Waals surface area contributed by atoms with Gasteiger partial charge in [-0.15, -0.1) is 0 Å². The summed E-state index contributed by atoms with van der Waals surface area (Å²) in [4.78, 5) is 17.7. The summed E-state index contributed by atoms with van der Waals surface area (Å²) in [7, 11) is 1.85. The first kappa shape index (κ1) is 20.8. The van der Waals surface area contributed by atoms with Gasteiger partial charge in [-0.05, 0) is 68.7 Å². The summed E-state index contributed by atoms with van der Waals surface area (Å²) >= 11 is 0. The molecule has 34 heavy (non-hydrogen) atoms. The largest absolute Gasteiger partial charge is 0.504 e. The zero-order valence-corrected chi connectivity index (χ0v) is 19.8. The SMILES string of the molecule is Cc1ccc(O)c2c1[C@]13CC4[C@@H](N4CC4CC4)[C@]1(O)CC[C@@H](N(C)C(=O)c1ccccc1)[C@@H]3O2. The lowest BCUT2D eigenvalue weighted by Gasteiger charge is -2.53. The van der Waals surface area contributed by atoms with Crippen molar-refractivity contribution in [2.24, 2.45) is 5.92 Å². The highest BCUT2D eigenvalue weighted by Gasteiger charge is 2.81. The van der Waals surface area contributed by atoms with Crippen LogP contribution in [-0.4, -0.2) is 69.3 Å². The number of piperidine rings is 1. The Kier molecular flexibility index (Phi) is 4.13. The molecule has 5 aliphatic rings. The van der Waals surface area contributed by atoms with Gasteiger partial charge in [-0.3, -0.25) is 9.69 Å². The van der Waals surface area contributed by atoms with E-state index >= 15 is 0 Å². The summed E-state index contributed by atoms with van der Waals surface area (Å²) in [6.07, 6.45) is 4.33. The molecule has 6 nitrogen and oxygen atoms in total. The first-order valence-electron chi connectivity index (χ1n) is 12.7. The van der Waals surface area contributed by atoms with E-state index in [2.05, 4.69) is 4.90 Å². The van der Waals surface area contributed by atoms with Gasteiger partial charge >= 0.3 is 0 Å². The highest BCUT2D eigenvalue weighted by Crippen LogP contribution is 2.70. The quantitative estimate of drug-likeness (QED) is 0.686. The number of aliphatic hydroxyl groups is 1. The molecular formula is C28H32N2O4. The van der Waals surface area contributed by atoms with Gasteiger partial charge in [0.15, 0.2) is 11.5 Å². The van der Waals surface area contributed by atoms with Crippen LogP contribution in [0.2, 0.25) is 0 Å². The van der Waals surface area contributed by atoms with E-state index in [4.69, 9.17) is 4.74 Å². The van der Waals surface area contributed by atoms with Gasteiger partial charge in [-0.2, -0.15) is 0 Å². The molecule has 2 aliphatic heterocycles. The van der Waals surface area contributed by atoms with Crippen LogP contribution in [0.4, 0.5) is 0 Å². The molecule has 3 saturated carbocycles. The predicted molar refractivity (Wildman–Crippen MR) is 127 cm³/mol. The highest BCUT2D eigenvalue weighted by atomic mass is 16.5. The van der Waals surface area contributed by atoms with Crippen LogP contribution in [0.3, 0.4) is 0 Å². The van der Waals surface area contributed by atoms with E-state index in [1.54, 1.807) is 6.07 Å². The molecule has 1 spiro atoms. The molecule has 2 N–H and O–H groups in total. The van der Waals surface area contributed by atoms with E-state index in [0.717, 1.165) is 30.0 Å². The van der Waals surface area contributed by atoms with E-state index in [9.17, 15) is 15.0 Å². The van der Waals surface area contributed by atoms with Crippen molar-refractivity contribution in [2.45, 2.75) is 74.3 Å². The summed E-state index contributed by atoms with van der Waals surface area (Å²) in [5, 5.41) is 23.3. The fraction of sp³-hybridized carbons (Fsp3) is 0.536. The van der Waals surface area contributed by atoms with Crippen molar-refractivity contribution < 1.29 is 19.7 Å². The standard InChI is InChI=1S/C28H32N2O4/c1-16-8-11-21(31)23-22(16)27-14-20-24(30(20)15-17-9-10-17)28(27,33)13-12-19(25(27)34-23)29(2)26(32)18-6-4-3-5-7-18/h3-8,11,17,19-20,24-25,31,33H,9-10,12-15H2,1-2H3/t19-,20?,24-,25+,27+,28-,30?/m1/s1. The number of amides is 1. The molecule has 178 valence electrons. The van der Waals surface area contributed by atoms with Gasteiger partial charge in [-0.1, -0.05) is 24.3 Å². The number of carbonyl (C=O) groups excluding carboxylic acids is 1. The van der Waals surface area contributed by atoms with Gasteiger partial charge in [0.25, 0.3) is 5.91 Å². The van der Waals surface area contributed by atoms with Crippen molar-refractivity contribution in [3.63, 3.8) is 0 Å². The molecule has 7 rings (SSSR count). The Morgan fingerprint density at radius 3 is 2.68 bits per heavy atom. The lowest BCUT2D eigenvalue weighted by molar-refractivity contribution is -0.125. The van der Waals surface area contributed by atoms with Crippen molar-refractivity contribution in [1.29, 1.82) is 0 Å². The van der Waals surface area contributed by atoms with Crippen molar-refractivity contribution in [1.82, 2.24) is 9.80 Å². The maximum atomic E-state index is 13.4. The van der Waals surface area contributed by atoms with Crippen molar-refractivity contribution in [2.75, 3.05) is 13.6 Å². The fourth-order valence-electron chi connectivity index (χ4n) is 7.79. The number of carbonyl (C=O) groups is 1. The Labute approximate surface area is 200 Å². The number of likely N-dealkylation sites (N-methyl/N-ethyl adjacent to an activating group) is 1. The lowest BCUT2D eigenvalue weighted by Crippen LogP contribution is -2.68. The smallest absolute Gasteiger partial charge is 0.253 e. The van der Waals surface area contributed by atoms with E-state index in [0.29, 0.717) is 30.2 Å². The van der Waals surface area contributed by atoms with Crippen LogP contribution in [0.5, 0.6) is 11.5 Å². The molecule has 3 aliphatic carbocycles. The molecule has 1 saturated heterocycles. The number of benzene rings is 2. The molecule has 6 heteroatoms. The van der Waals surface area contributed by atoms with E-state index in [-0.39, 0.29) is 29.8 Å². The van der Waals surface area contributed by atoms with E-state index in [1.807, 2.05) is 55.3 Å². The number of hydrogen-bond donors (Lipinski definition) is 2. The van der Waals surface area contributed by atoms with Crippen LogP contribution >= 0.6 is 0 Å². The Bertz CT molecular complexity index is 1180. The van der Waals surface area contributed by atoms with Crippen LogP contribution in [0, 0.1) is 12.8 Å². The predicted octanol–water partition coefficient (Wildman–Crippen LogP) is 3.23. The molecular weight excluding hydrogens is 428 g/mol. The van der Waals surface area contributed by atoms with Crippen LogP contribution in [0.25, 0.3) is 0 Å². The number of phenols is 1. The highest BCUT2D eigenvalue weighted by molar-refractivity contribution is 5.94. The molecule has 2 heterocycles. The van der Waals surface area contributed by atoms with Crippen molar-refractivity contribution in [3.05, 3.63) is 59.2 Å². The lowest BCUT2D eigenvalue weighted by atomic mass is 9.57. The average molecular weight is 461 g/mol. The molecule has 0 radical (unpaired) electrons. The summed E-state index contributed by atoms with van der Waals surface area (Å²) in [6, 6.07) is 13.3. The second kappa shape index (κ2) is 6.76. The molecule has 7 atom stereocenters. The second-order valence-corrected chi connectivity index (χ2v) is 11.3. The number of likely N-dealkylation sites (tertiary alicyclic amines) is 1. The molecule has 2 aromatic rings. The number of phenolic OH excluding ortho intramolecular Hbond substituents is 1. The number of ether oxygens (including phenoxy) is 1. The summed E-state index contributed by atoms with van der Waals surface area (Å²) in [5.41, 5.74) is 1.12. The summed E-state index contributed by atoms with van der Waals surface area (Å²) < 4.78 is 6.59. The number of rotatable bonds is 4. The summed E-state index contributed by atoms with van der Waals surface area (Å²) in [6.45, 7) is 3.13. The minimum absolute atomic E-state index is 0.0368. The van der Waals surface area contributed by atoms with Crippen LogP contribution < -0.4 is 4.74 Å². The Morgan fingerprint density at radius 2 is 1.94 bits per heavy atom. The third kappa shape index (κ3) is 2.51. The normalized spacial score (nSPS) is 38.9.